The number of aromatic nitrogens is 1. The second-order valence-corrected chi connectivity index (χ2v) is 9.79. The van der Waals surface area contributed by atoms with Gasteiger partial charge in [-0.2, -0.15) is 0 Å². The second-order valence-electron chi connectivity index (χ2n) is 9.79. The summed E-state index contributed by atoms with van der Waals surface area (Å²) in [6.07, 6.45) is 25.0. The van der Waals surface area contributed by atoms with Gasteiger partial charge < -0.3 is 14.6 Å². The maximum Gasteiger partial charge on any atom is 0.311 e. The van der Waals surface area contributed by atoms with Crippen molar-refractivity contribution in [3.63, 3.8) is 0 Å². The van der Waals surface area contributed by atoms with E-state index in [4.69, 9.17) is 8.85 Å². The molecule has 0 aliphatic carbocycles. The molecule has 35 heavy (non-hydrogen) atoms. The zero-order valence-electron chi connectivity index (χ0n) is 24.6. The number of esters is 1. The first-order valence-electron chi connectivity index (χ1n) is 15.3. The predicted molar refractivity (Wildman–Crippen MR) is 148 cm³/mol. The Kier molecular flexibility index (Phi) is 10.3. The molecule has 1 fully saturated rings. The monoisotopic (exact) mass is 481 g/mol. The number of fused-ring (bicyclic) bond motifs is 1. The molecule has 0 unspecified atom stereocenters. The van der Waals surface area contributed by atoms with Gasteiger partial charge in [0.1, 0.15) is 5.75 Å². The standard InChI is InChI=1S/C31H46N2O2/c1-3-4-5-6-7-8-9-10-11-12-13-14-15-16-22-30(34)35-29-21-17-20-28-31(29)26(25-32-28)24-27-19-18-23-33(27)2/h6-7,9-10,17,20-21,25,27,32H,3-5,8,11-16,18-19,22-24H2,1-2H3/b7-6-,10-9-/t27-/m1/s1/i2D3. The SMILES string of the molecule is [2H]C([2H])([2H])N1CCC[C@@H]1Cc1c[nH]c2cccc(OC(=O)CCCCCCC/C=C\C/C=C\CCCC)c12. The van der Waals surface area contributed by atoms with Gasteiger partial charge in [0, 0.05) is 33.7 Å². The van der Waals surface area contributed by atoms with Crippen LogP contribution in [0.5, 0.6) is 5.75 Å². The topological polar surface area (TPSA) is 45.3 Å². The summed E-state index contributed by atoms with van der Waals surface area (Å²) in [5.74, 6) is 0.360. The van der Waals surface area contributed by atoms with E-state index in [9.17, 15) is 4.79 Å². The summed E-state index contributed by atoms with van der Waals surface area (Å²) in [6.45, 7) is 0.737. The van der Waals surface area contributed by atoms with Crippen molar-refractivity contribution in [2.45, 2.75) is 103 Å². The van der Waals surface area contributed by atoms with Gasteiger partial charge in [0.05, 0.1) is 0 Å². The van der Waals surface area contributed by atoms with E-state index >= 15 is 0 Å². The number of nitrogens with zero attached hydrogens (tertiary/aromatic N) is 1. The largest absolute Gasteiger partial charge is 0.426 e. The summed E-state index contributed by atoms with van der Waals surface area (Å²) in [7, 11) is 0. The molecule has 0 spiro atoms. The van der Waals surface area contributed by atoms with Gasteiger partial charge in [0.2, 0.25) is 0 Å². The van der Waals surface area contributed by atoms with Gasteiger partial charge in [-0.3, -0.25) is 4.79 Å². The van der Waals surface area contributed by atoms with Crippen LogP contribution in [0.2, 0.25) is 0 Å². The predicted octanol–water partition coefficient (Wildman–Crippen LogP) is 8.13. The van der Waals surface area contributed by atoms with Gasteiger partial charge in [-0.1, -0.05) is 69.4 Å². The lowest BCUT2D eigenvalue weighted by Crippen LogP contribution is -2.26. The summed E-state index contributed by atoms with van der Waals surface area (Å²) in [6, 6.07) is 5.65. The first-order chi connectivity index (χ1) is 18.4. The van der Waals surface area contributed by atoms with Crippen molar-refractivity contribution in [2.75, 3.05) is 13.5 Å². The molecule has 0 bridgehead atoms. The Morgan fingerprint density at radius 1 is 1.11 bits per heavy atom. The number of likely N-dealkylation sites (N-methyl/N-ethyl adjacent to an activating group) is 1. The molecule has 2 aromatic rings. The molecule has 1 saturated heterocycles. The summed E-state index contributed by atoms with van der Waals surface area (Å²) < 4.78 is 29.3. The van der Waals surface area contributed by atoms with E-state index in [0.717, 1.165) is 61.4 Å². The molecule has 0 radical (unpaired) electrons. The third-order valence-corrected chi connectivity index (χ3v) is 6.89. The van der Waals surface area contributed by atoms with Crippen LogP contribution in [0.15, 0.2) is 48.7 Å². The van der Waals surface area contributed by atoms with Crippen LogP contribution in [0.4, 0.5) is 0 Å². The van der Waals surface area contributed by atoms with Crippen LogP contribution in [0, 0.1) is 0 Å². The van der Waals surface area contributed by atoms with E-state index in [1.807, 2.05) is 24.4 Å². The number of aromatic amines is 1. The van der Waals surface area contributed by atoms with Crippen LogP contribution >= 0.6 is 0 Å². The van der Waals surface area contributed by atoms with Crippen molar-refractivity contribution < 1.29 is 13.6 Å². The molecule has 4 nitrogen and oxygen atoms in total. The number of benzene rings is 1. The Bertz CT molecular complexity index is 1040. The molecule has 1 aliphatic heterocycles. The molecule has 1 aromatic carbocycles. The molecule has 0 amide bonds. The fourth-order valence-electron chi connectivity index (χ4n) is 4.83. The van der Waals surface area contributed by atoms with Crippen LogP contribution in [0.25, 0.3) is 10.9 Å². The molecule has 1 N–H and O–H groups in total. The highest BCUT2D eigenvalue weighted by Crippen LogP contribution is 2.32. The van der Waals surface area contributed by atoms with Crippen molar-refractivity contribution in [3.8, 4) is 5.75 Å². The van der Waals surface area contributed by atoms with E-state index in [1.54, 1.807) is 4.90 Å². The molecular weight excluding hydrogens is 432 g/mol. The Balaban J connectivity index is 1.38. The minimum absolute atomic E-state index is 0.0341. The number of rotatable bonds is 16. The van der Waals surface area contributed by atoms with Gasteiger partial charge in [0.15, 0.2) is 0 Å². The van der Waals surface area contributed by atoms with Crippen LogP contribution in [0.1, 0.15) is 100 Å². The number of allylic oxidation sites excluding steroid dienone is 4. The second kappa shape index (κ2) is 15.6. The third-order valence-electron chi connectivity index (χ3n) is 6.89. The molecule has 1 aromatic heterocycles. The number of H-pyrrole nitrogens is 1. The number of carbonyl (C=O) groups is 1. The average Bonchev–Trinajstić information content (AvgIpc) is 3.52. The van der Waals surface area contributed by atoms with Crippen molar-refractivity contribution in [3.05, 3.63) is 54.3 Å². The number of nitrogens with one attached hydrogen (secondary N) is 1. The number of carbonyl (C=O) groups excluding carboxylic acids is 1. The Morgan fingerprint density at radius 2 is 1.91 bits per heavy atom. The highest BCUT2D eigenvalue weighted by Gasteiger charge is 2.23. The van der Waals surface area contributed by atoms with Crippen molar-refractivity contribution in [1.29, 1.82) is 0 Å². The number of hydrogen-bond acceptors (Lipinski definition) is 3. The summed E-state index contributed by atoms with van der Waals surface area (Å²) in [5.41, 5.74) is 1.91. The summed E-state index contributed by atoms with van der Waals surface area (Å²) >= 11 is 0. The lowest BCUT2D eigenvalue weighted by Gasteiger charge is -2.19. The summed E-state index contributed by atoms with van der Waals surface area (Å²) in [5, 5.41) is 0.891. The van der Waals surface area contributed by atoms with Crippen molar-refractivity contribution in [2.24, 2.45) is 0 Å². The molecule has 192 valence electrons. The van der Waals surface area contributed by atoms with Gasteiger partial charge in [-0.25, -0.2) is 0 Å². The highest BCUT2D eigenvalue weighted by atomic mass is 16.5. The van der Waals surface area contributed by atoms with E-state index in [-0.39, 0.29) is 12.0 Å². The minimum Gasteiger partial charge on any atom is -0.426 e. The molecule has 3 rings (SSSR count). The number of likely N-dealkylation sites (tertiary alicyclic amines) is 1. The normalized spacial score (nSPS) is 18.4. The Morgan fingerprint density at radius 3 is 2.74 bits per heavy atom. The zero-order chi connectivity index (χ0) is 27.2. The number of hydrogen-bond donors (Lipinski definition) is 1. The molecule has 2 heterocycles. The average molecular weight is 482 g/mol. The molecule has 1 atom stereocenters. The first-order valence-corrected chi connectivity index (χ1v) is 13.8. The van der Waals surface area contributed by atoms with Crippen molar-refractivity contribution in [1.82, 2.24) is 9.88 Å². The quantitative estimate of drug-likeness (QED) is 0.114. The lowest BCUT2D eigenvalue weighted by molar-refractivity contribution is -0.134. The lowest BCUT2D eigenvalue weighted by atomic mass is 10.0. The maximum atomic E-state index is 12.6. The zero-order valence-corrected chi connectivity index (χ0v) is 21.6. The minimum atomic E-state index is -2.08. The smallest absolute Gasteiger partial charge is 0.311 e. The molecule has 4 heteroatoms. The van der Waals surface area contributed by atoms with Gasteiger partial charge in [-0.15, -0.1) is 0 Å². The van der Waals surface area contributed by atoms with E-state index < -0.39 is 6.98 Å². The number of unbranched alkanes of at least 4 members (excludes halogenated alkanes) is 7. The fourth-order valence-corrected chi connectivity index (χ4v) is 4.83. The van der Waals surface area contributed by atoms with E-state index in [2.05, 4.69) is 36.2 Å². The highest BCUT2D eigenvalue weighted by molar-refractivity contribution is 5.91. The van der Waals surface area contributed by atoms with Crippen LogP contribution in [-0.4, -0.2) is 35.4 Å². The van der Waals surface area contributed by atoms with Crippen molar-refractivity contribution >= 4 is 16.9 Å². The molecule has 0 saturated carbocycles. The van der Waals surface area contributed by atoms with Crippen LogP contribution in [0.3, 0.4) is 0 Å². The third kappa shape index (κ3) is 9.33. The van der Waals surface area contributed by atoms with Gasteiger partial charge >= 0.3 is 5.97 Å². The molecule has 1 aliphatic rings. The fraction of sp³-hybridized carbons (Fsp3) is 0.581. The van der Waals surface area contributed by atoms with E-state index in [0.29, 0.717) is 25.1 Å². The Labute approximate surface area is 217 Å². The maximum absolute atomic E-state index is 12.6. The van der Waals surface area contributed by atoms with E-state index in [1.165, 1.54) is 32.1 Å². The first kappa shape index (κ1) is 23.1. The van der Waals surface area contributed by atoms with Gasteiger partial charge in [0.25, 0.3) is 0 Å². The summed E-state index contributed by atoms with van der Waals surface area (Å²) in [4.78, 5) is 17.5. The van der Waals surface area contributed by atoms with Crippen LogP contribution in [-0.2, 0) is 11.2 Å². The molecular formula is C31H46N2O2. The Hall–Kier alpha value is -2.33. The van der Waals surface area contributed by atoms with Gasteiger partial charge in [-0.05, 0) is 82.6 Å². The van der Waals surface area contributed by atoms with Crippen LogP contribution < -0.4 is 4.74 Å². The number of ether oxygens (including phenoxy) is 1.